The molecule has 7 heteroatoms. The second-order valence-electron chi connectivity index (χ2n) is 3.74. The first-order chi connectivity index (χ1) is 9.19. The van der Waals surface area contributed by atoms with Gasteiger partial charge in [-0.25, -0.2) is 10.8 Å². The van der Waals surface area contributed by atoms with Crippen LogP contribution in [0.25, 0.3) is 0 Å². The van der Waals surface area contributed by atoms with Crippen molar-refractivity contribution >= 4 is 11.5 Å². The molecule has 0 fully saturated rings. The predicted octanol–water partition coefficient (Wildman–Crippen LogP) is 1.85. The third-order valence-electron chi connectivity index (χ3n) is 2.41. The number of hydrazine groups is 1. The van der Waals surface area contributed by atoms with E-state index >= 15 is 0 Å². The molecule has 0 bridgehead atoms. The molecule has 0 aliphatic carbocycles. The maximum atomic E-state index is 10.6. The first-order valence-corrected chi connectivity index (χ1v) is 5.48. The van der Waals surface area contributed by atoms with Crippen LogP contribution < -0.4 is 16.0 Å². The van der Waals surface area contributed by atoms with E-state index in [1.54, 1.807) is 30.5 Å². The largest absolute Gasteiger partial charge is 0.489 e. The molecule has 1 heterocycles. The van der Waals surface area contributed by atoms with Crippen LogP contribution in [0.5, 0.6) is 5.75 Å². The maximum Gasteiger partial charge on any atom is 0.273 e. The number of nitro groups is 1. The Hall–Kier alpha value is -2.67. The molecule has 2 rings (SSSR count). The topological polar surface area (TPSA) is 103 Å². The standard InChI is InChI=1S/C12H12N4O3/c13-15-12-5-4-9(7-14-12)8-19-11-3-1-2-10(6-11)16(17)18/h1-7H,8,13H2,(H,14,15). The fourth-order valence-corrected chi connectivity index (χ4v) is 1.45. The van der Waals surface area contributed by atoms with Gasteiger partial charge >= 0.3 is 0 Å². The van der Waals surface area contributed by atoms with Gasteiger partial charge in [0, 0.05) is 17.8 Å². The molecule has 0 saturated carbocycles. The van der Waals surface area contributed by atoms with E-state index < -0.39 is 4.92 Å². The van der Waals surface area contributed by atoms with Gasteiger partial charge in [-0.05, 0) is 12.1 Å². The van der Waals surface area contributed by atoms with E-state index in [1.807, 2.05) is 0 Å². The third-order valence-corrected chi connectivity index (χ3v) is 2.41. The van der Waals surface area contributed by atoms with Crippen molar-refractivity contribution in [3.05, 3.63) is 58.3 Å². The van der Waals surface area contributed by atoms with Gasteiger partial charge in [0.05, 0.1) is 11.0 Å². The van der Waals surface area contributed by atoms with Gasteiger partial charge in [0.2, 0.25) is 0 Å². The summed E-state index contributed by atoms with van der Waals surface area (Å²) < 4.78 is 5.46. The van der Waals surface area contributed by atoms with Crippen molar-refractivity contribution in [2.45, 2.75) is 6.61 Å². The van der Waals surface area contributed by atoms with Crippen LogP contribution in [0.15, 0.2) is 42.6 Å². The highest BCUT2D eigenvalue weighted by Gasteiger charge is 2.06. The van der Waals surface area contributed by atoms with Crippen LogP contribution in [0.1, 0.15) is 5.56 Å². The molecule has 2 aromatic rings. The molecule has 98 valence electrons. The van der Waals surface area contributed by atoms with Crippen LogP contribution in [0.2, 0.25) is 0 Å². The van der Waals surface area contributed by atoms with E-state index in [0.717, 1.165) is 5.56 Å². The minimum atomic E-state index is -0.462. The van der Waals surface area contributed by atoms with Crippen LogP contribution >= 0.6 is 0 Å². The monoisotopic (exact) mass is 260 g/mol. The zero-order valence-electron chi connectivity index (χ0n) is 9.95. The number of non-ortho nitro benzene ring substituents is 1. The number of nitro benzene ring substituents is 1. The Labute approximate surface area is 109 Å². The van der Waals surface area contributed by atoms with Crippen LogP contribution in [-0.2, 0) is 6.61 Å². The Balaban J connectivity index is 2.01. The minimum absolute atomic E-state index is 0.00157. The number of rotatable bonds is 5. The van der Waals surface area contributed by atoms with Crippen molar-refractivity contribution < 1.29 is 9.66 Å². The SMILES string of the molecule is NNc1ccc(COc2cccc([N+](=O)[O-])c2)cn1. The lowest BCUT2D eigenvalue weighted by Crippen LogP contribution is -2.08. The average Bonchev–Trinajstić information content (AvgIpc) is 2.46. The van der Waals surface area contributed by atoms with Crippen molar-refractivity contribution in [2.24, 2.45) is 5.84 Å². The van der Waals surface area contributed by atoms with Crippen molar-refractivity contribution in [1.29, 1.82) is 0 Å². The number of nitrogens with two attached hydrogens (primary N) is 1. The van der Waals surface area contributed by atoms with Gasteiger partial charge in [-0.2, -0.15) is 0 Å². The smallest absolute Gasteiger partial charge is 0.273 e. The fourth-order valence-electron chi connectivity index (χ4n) is 1.45. The lowest BCUT2D eigenvalue weighted by Gasteiger charge is -2.06. The second-order valence-corrected chi connectivity index (χ2v) is 3.74. The highest BCUT2D eigenvalue weighted by Crippen LogP contribution is 2.20. The molecule has 0 radical (unpaired) electrons. The Morgan fingerprint density at radius 3 is 2.84 bits per heavy atom. The van der Waals surface area contributed by atoms with E-state index in [4.69, 9.17) is 10.6 Å². The number of nitrogen functional groups attached to an aromatic ring is 1. The first-order valence-electron chi connectivity index (χ1n) is 5.48. The van der Waals surface area contributed by atoms with Gasteiger partial charge < -0.3 is 10.2 Å². The van der Waals surface area contributed by atoms with Gasteiger partial charge in [0.25, 0.3) is 5.69 Å². The number of pyridine rings is 1. The Bertz CT molecular complexity index is 571. The molecule has 0 atom stereocenters. The van der Waals surface area contributed by atoms with Crippen LogP contribution in [-0.4, -0.2) is 9.91 Å². The molecule has 0 spiro atoms. The fraction of sp³-hybridized carbons (Fsp3) is 0.0833. The van der Waals surface area contributed by atoms with E-state index in [2.05, 4.69) is 10.4 Å². The summed E-state index contributed by atoms with van der Waals surface area (Å²) in [6.07, 6.45) is 1.62. The molecule has 1 aromatic heterocycles. The summed E-state index contributed by atoms with van der Waals surface area (Å²) in [6.45, 7) is 0.277. The lowest BCUT2D eigenvalue weighted by molar-refractivity contribution is -0.384. The zero-order valence-corrected chi connectivity index (χ0v) is 9.95. The van der Waals surface area contributed by atoms with Crippen molar-refractivity contribution in [3.8, 4) is 5.75 Å². The van der Waals surface area contributed by atoms with Crippen molar-refractivity contribution in [1.82, 2.24) is 4.98 Å². The molecule has 3 N–H and O–H groups in total. The van der Waals surface area contributed by atoms with Crippen LogP contribution in [0.3, 0.4) is 0 Å². The molecular formula is C12H12N4O3. The molecule has 0 saturated heterocycles. The van der Waals surface area contributed by atoms with Crippen LogP contribution in [0, 0.1) is 10.1 Å². The number of nitrogens with zero attached hydrogens (tertiary/aromatic N) is 2. The Kier molecular flexibility index (Phi) is 3.89. The molecule has 0 amide bonds. The third kappa shape index (κ3) is 3.39. The summed E-state index contributed by atoms with van der Waals surface area (Å²) in [5.74, 6) is 6.20. The highest BCUT2D eigenvalue weighted by atomic mass is 16.6. The molecule has 19 heavy (non-hydrogen) atoms. The lowest BCUT2D eigenvalue weighted by atomic mass is 10.3. The van der Waals surface area contributed by atoms with Gasteiger partial charge in [-0.3, -0.25) is 10.1 Å². The average molecular weight is 260 g/mol. The summed E-state index contributed by atoms with van der Waals surface area (Å²) in [6, 6.07) is 9.55. The van der Waals surface area contributed by atoms with Crippen molar-refractivity contribution in [3.63, 3.8) is 0 Å². The molecule has 0 unspecified atom stereocenters. The zero-order chi connectivity index (χ0) is 13.7. The summed E-state index contributed by atoms with van der Waals surface area (Å²) in [4.78, 5) is 14.2. The first kappa shape index (κ1) is 12.8. The molecule has 7 nitrogen and oxygen atoms in total. The summed E-state index contributed by atoms with van der Waals surface area (Å²) in [7, 11) is 0. The van der Waals surface area contributed by atoms with E-state index in [-0.39, 0.29) is 12.3 Å². The Morgan fingerprint density at radius 1 is 1.37 bits per heavy atom. The number of ether oxygens (including phenoxy) is 1. The minimum Gasteiger partial charge on any atom is -0.489 e. The van der Waals surface area contributed by atoms with E-state index in [9.17, 15) is 10.1 Å². The molecule has 0 aliphatic heterocycles. The number of benzene rings is 1. The molecular weight excluding hydrogens is 248 g/mol. The quantitative estimate of drug-likeness (QED) is 0.483. The summed E-state index contributed by atoms with van der Waals surface area (Å²) >= 11 is 0. The molecule has 1 aromatic carbocycles. The summed E-state index contributed by atoms with van der Waals surface area (Å²) in [5, 5.41) is 10.6. The van der Waals surface area contributed by atoms with E-state index in [0.29, 0.717) is 11.6 Å². The highest BCUT2D eigenvalue weighted by molar-refractivity contribution is 5.38. The van der Waals surface area contributed by atoms with Gasteiger partial charge in [-0.15, -0.1) is 0 Å². The summed E-state index contributed by atoms with van der Waals surface area (Å²) in [5.41, 5.74) is 3.26. The van der Waals surface area contributed by atoms with Gasteiger partial charge in [0.15, 0.2) is 0 Å². The normalized spacial score (nSPS) is 9.95. The predicted molar refractivity (Wildman–Crippen MR) is 69.5 cm³/mol. The van der Waals surface area contributed by atoms with Crippen LogP contribution in [0.4, 0.5) is 11.5 Å². The van der Waals surface area contributed by atoms with Gasteiger partial charge in [0.1, 0.15) is 18.2 Å². The number of nitrogens with one attached hydrogen (secondary N) is 1. The maximum absolute atomic E-state index is 10.6. The van der Waals surface area contributed by atoms with Gasteiger partial charge in [-0.1, -0.05) is 12.1 Å². The Morgan fingerprint density at radius 2 is 2.21 bits per heavy atom. The van der Waals surface area contributed by atoms with E-state index in [1.165, 1.54) is 12.1 Å². The number of hydrogen-bond donors (Lipinski definition) is 2. The molecule has 0 aliphatic rings. The second kappa shape index (κ2) is 5.78. The number of aromatic nitrogens is 1. The number of hydrogen-bond acceptors (Lipinski definition) is 6. The number of anilines is 1. The van der Waals surface area contributed by atoms with Crippen molar-refractivity contribution in [2.75, 3.05) is 5.43 Å².